The smallest absolute Gasteiger partial charge is 0.244 e. The van der Waals surface area contributed by atoms with E-state index in [1.165, 1.54) is 0 Å². The summed E-state index contributed by atoms with van der Waals surface area (Å²) >= 11 is 0. The highest BCUT2D eigenvalue weighted by Gasteiger charge is 2.30. The zero-order valence-electron chi connectivity index (χ0n) is 14.1. The van der Waals surface area contributed by atoms with Gasteiger partial charge in [-0.05, 0) is 28.2 Å². The Morgan fingerprint density at radius 2 is 1.88 bits per heavy atom. The highest BCUT2D eigenvalue weighted by molar-refractivity contribution is 6.05. The number of ketones is 1. The SMILES string of the molecule is CC1(C)CC(=O)CC(=NNC(=O)Cc2cccc3ccccc23)C1. The number of benzene rings is 2. The lowest BCUT2D eigenvalue weighted by molar-refractivity contribution is -0.121. The van der Waals surface area contributed by atoms with E-state index in [-0.39, 0.29) is 23.5 Å². The maximum absolute atomic E-state index is 12.2. The van der Waals surface area contributed by atoms with Crippen LogP contribution < -0.4 is 5.43 Å². The molecule has 1 aliphatic rings. The lowest BCUT2D eigenvalue weighted by Gasteiger charge is -2.29. The Labute approximate surface area is 141 Å². The molecule has 2 aromatic rings. The summed E-state index contributed by atoms with van der Waals surface area (Å²) in [7, 11) is 0. The summed E-state index contributed by atoms with van der Waals surface area (Å²) in [5.41, 5.74) is 4.29. The number of nitrogens with zero attached hydrogens (tertiary/aromatic N) is 1. The number of fused-ring (bicyclic) bond motifs is 1. The normalized spacial score (nSPS) is 18.8. The fourth-order valence-electron chi connectivity index (χ4n) is 3.38. The van der Waals surface area contributed by atoms with Crippen molar-refractivity contribution in [1.82, 2.24) is 5.43 Å². The Kier molecular flexibility index (Phi) is 4.47. The fourth-order valence-corrected chi connectivity index (χ4v) is 3.38. The predicted molar refractivity (Wildman–Crippen MR) is 95.9 cm³/mol. The van der Waals surface area contributed by atoms with E-state index in [0.29, 0.717) is 12.8 Å². The van der Waals surface area contributed by atoms with Crippen LogP contribution in [0.15, 0.2) is 47.6 Å². The van der Waals surface area contributed by atoms with Gasteiger partial charge in [0.15, 0.2) is 0 Å². The van der Waals surface area contributed by atoms with Gasteiger partial charge in [0.25, 0.3) is 0 Å². The van der Waals surface area contributed by atoms with Gasteiger partial charge < -0.3 is 0 Å². The monoisotopic (exact) mass is 322 g/mol. The number of nitrogens with one attached hydrogen (secondary N) is 1. The van der Waals surface area contributed by atoms with E-state index < -0.39 is 0 Å². The molecule has 2 aromatic carbocycles. The number of Topliss-reactive ketones (excluding diaryl/α,β-unsaturated/α-hetero) is 1. The fraction of sp³-hybridized carbons (Fsp3) is 0.350. The third kappa shape index (κ3) is 3.88. The van der Waals surface area contributed by atoms with Crippen LogP contribution >= 0.6 is 0 Å². The summed E-state index contributed by atoms with van der Waals surface area (Å²) in [4.78, 5) is 24.0. The summed E-state index contributed by atoms with van der Waals surface area (Å²) < 4.78 is 0. The maximum Gasteiger partial charge on any atom is 0.244 e. The van der Waals surface area contributed by atoms with E-state index in [9.17, 15) is 9.59 Å². The van der Waals surface area contributed by atoms with Crippen LogP contribution in [0.3, 0.4) is 0 Å². The molecule has 1 N–H and O–H groups in total. The van der Waals surface area contributed by atoms with Gasteiger partial charge in [0.05, 0.1) is 6.42 Å². The second-order valence-electron chi connectivity index (χ2n) is 7.26. The molecule has 0 saturated heterocycles. The minimum absolute atomic E-state index is 0.0749. The van der Waals surface area contributed by atoms with Gasteiger partial charge in [0.1, 0.15) is 5.78 Å². The van der Waals surface area contributed by atoms with Crippen LogP contribution in [-0.4, -0.2) is 17.4 Å². The molecule has 1 amide bonds. The lowest BCUT2D eigenvalue weighted by atomic mass is 9.76. The van der Waals surface area contributed by atoms with E-state index in [1.807, 2.05) is 42.5 Å². The Balaban J connectivity index is 1.69. The summed E-state index contributed by atoms with van der Waals surface area (Å²) in [6.45, 7) is 4.11. The van der Waals surface area contributed by atoms with Crippen LogP contribution in [0.4, 0.5) is 0 Å². The molecule has 0 unspecified atom stereocenters. The molecular weight excluding hydrogens is 300 g/mol. The van der Waals surface area contributed by atoms with E-state index in [0.717, 1.165) is 28.5 Å². The first-order chi connectivity index (χ1) is 11.4. The number of hydrazone groups is 1. The molecule has 124 valence electrons. The van der Waals surface area contributed by atoms with E-state index >= 15 is 0 Å². The Morgan fingerprint density at radius 3 is 2.67 bits per heavy atom. The van der Waals surface area contributed by atoms with Crippen LogP contribution in [0.5, 0.6) is 0 Å². The second kappa shape index (κ2) is 6.56. The number of hydrogen-bond donors (Lipinski definition) is 1. The largest absolute Gasteiger partial charge is 0.299 e. The van der Waals surface area contributed by atoms with Crippen molar-refractivity contribution in [3.8, 4) is 0 Å². The third-order valence-corrected chi connectivity index (χ3v) is 4.33. The molecule has 1 saturated carbocycles. The van der Waals surface area contributed by atoms with E-state index in [1.54, 1.807) is 0 Å². The number of amides is 1. The van der Waals surface area contributed by atoms with Crippen molar-refractivity contribution >= 4 is 28.2 Å². The van der Waals surface area contributed by atoms with Crippen LogP contribution in [0.1, 0.15) is 38.7 Å². The van der Waals surface area contributed by atoms with Crippen molar-refractivity contribution < 1.29 is 9.59 Å². The van der Waals surface area contributed by atoms with Crippen LogP contribution in [0.2, 0.25) is 0 Å². The molecular formula is C20H22N2O2. The zero-order chi connectivity index (χ0) is 17.2. The van der Waals surface area contributed by atoms with E-state index in [2.05, 4.69) is 24.4 Å². The molecule has 24 heavy (non-hydrogen) atoms. The molecule has 3 rings (SSSR count). The standard InChI is InChI=1S/C20H22N2O2/c1-20(2)12-16(11-17(23)13-20)21-22-19(24)10-15-8-5-7-14-6-3-4-9-18(14)15/h3-9H,10-13H2,1-2H3,(H,22,24). The van der Waals surface area contributed by atoms with Gasteiger partial charge in [0.2, 0.25) is 5.91 Å². The minimum Gasteiger partial charge on any atom is -0.299 e. The summed E-state index contributed by atoms with van der Waals surface area (Å²) in [6.07, 6.45) is 1.94. The van der Waals surface area contributed by atoms with Gasteiger partial charge in [-0.2, -0.15) is 5.10 Å². The third-order valence-electron chi connectivity index (χ3n) is 4.33. The van der Waals surface area contributed by atoms with Crippen molar-refractivity contribution in [2.24, 2.45) is 10.5 Å². The number of carbonyl (C=O) groups excluding carboxylic acids is 2. The summed E-state index contributed by atoms with van der Waals surface area (Å²) in [5, 5.41) is 6.40. The van der Waals surface area contributed by atoms with Gasteiger partial charge in [-0.25, -0.2) is 5.43 Å². The molecule has 0 aliphatic heterocycles. The van der Waals surface area contributed by atoms with Crippen molar-refractivity contribution in [2.75, 3.05) is 0 Å². The molecule has 1 aliphatic carbocycles. The highest BCUT2D eigenvalue weighted by atomic mass is 16.2. The first-order valence-electron chi connectivity index (χ1n) is 8.26. The molecule has 0 atom stereocenters. The molecule has 4 nitrogen and oxygen atoms in total. The first kappa shape index (κ1) is 16.4. The molecule has 0 spiro atoms. The van der Waals surface area contributed by atoms with Crippen molar-refractivity contribution in [1.29, 1.82) is 0 Å². The van der Waals surface area contributed by atoms with Crippen molar-refractivity contribution in [3.05, 3.63) is 48.0 Å². The first-order valence-corrected chi connectivity index (χ1v) is 8.26. The van der Waals surface area contributed by atoms with Gasteiger partial charge >= 0.3 is 0 Å². The van der Waals surface area contributed by atoms with Gasteiger partial charge in [-0.15, -0.1) is 0 Å². The molecule has 0 bridgehead atoms. The van der Waals surface area contributed by atoms with Crippen LogP contribution in [-0.2, 0) is 16.0 Å². The lowest BCUT2D eigenvalue weighted by Crippen LogP contribution is -2.31. The van der Waals surface area contributed by atoms with Gasteiger partial charge in [-0.1, -0.05) is 56.3 Å². The van der Waals surface area contributed by atoms with Crippen molar-refractivity contribution in [3.63, 3.8) is 0 Å². The number of carbonyl (C=O) groups is 2. The number of hydrogen-bond acceptors (Lipinski definition) is 3. The maximum atomic E-state index is 12.2. The average molecular weight is 322 g/mol. The summed E-state index contributed by atoms with van der Waals surface area (Å²) in [6, 6.07) is 14.0. The zero-order valence-corrected chi connectivity index (χ0v) is 14.1. The molecule has 1 fully saturated rings. The number of rotatable bonds is 3. The van der Waals surface area contributed by atoms with Gasteiger partial charge in [0, 0.05) is 18.6 Å². The summed E-state index contributed by atoms with van der Waals surface area (Å²) in [5.74, 6) is 0.0305. The molecule has 0 radical (unpaired) electrons. The average Bonchev–Trinajstić information content (AvgIpc) is 2.51. The molecule has 0 heterocycles. The Hall–Kier alpha value is -2.49. The van der Waals surface area contributed by atoms with Crippen LogP contribution in [0.25, 0.3) is 10.8 Å². The van der Waals surface area contributed by atoms with Crippen LogP contribution in [0, 0.1) is 5.41 Å². The molecule has 4 heteroatoms. The Bertz CT molecular complexity index is 816. The second-order valence-corrected chi connectivity index (χ2v) is 7.26. The topological polar surface area (TPSA) is 58.5 Å². The Morgan fingerprint density at radius 1 is 1.12 bits per heavy atom. The highest BCUT2D eigenvalue weighted by Crippen LogP contribution is 2.31. The van der Waals surface area contributed by atoms with E-state index in [4.69, 9.17) is 0 Å². The minimum atomic E-state index is -0.158. The molecule has 0 aromatic heterocycles. The quantitative estimate of drug-likeness (QED) is 0.877. The van der Waals surface area contributed by atoms with Crippen molar-refractivity contribution in [2.45, 2.75) is 39.5 Å². The van der Waals surface area contributed by atoms with Gasteiger partial charge in [-0.3, -0.25) is 9.59 Å². The predicted octanol–water partition coefficient (Wildman–Crippen LogP) is 3.63.